The van der Waals surface area contributed by atoms with Gasteiger partial charge >= 0.3 is 0 Å². The average molecular weight is 300 g/mol. The highest BCUT2D eigenvalue weighted by molar-refractivity contribution is 5.60. The maximum Gasteiger partial charge on any atom is 0.229 e. The summed E-state index contributed by atoms with van der Waals surface area (Å²) < 4.78 is 11.1. The highest BCUT2D eigenvalue weighted by Crippen LogP contribution is 2.33. The molecule has 1 aliphatic rings. The number of aromatic nitrogens is 2. The molecule has 0 saturated heterocycles. The molecule has 2 aromatic rings. The van der Waals surface area contributed by atoms with Crippen LogP contribution in [-0.2, 0) is 0 Å². The summed E-state index contributed by atoms with van der Waals surface area (Å²) in [4.78, 5) is 8.69. The molecule has 1 aromatic carbocycles. The fourth-order valence-corrected chi connectivity index (χ4v) is 2.08. The van der Waals surface area contributed by atoms with Crippen molar-refractivity contribution in [3.05, 3.63) is 30.5 Å². The molecule has 0 radical (unpaired) electrons. The molecule has 0 unspecified atom stereocenters. The molecule has 1 aliphatic heterocycles. The van der Waals surface area contributed by atoms with Gasteiger partial charge in [-0.25, -0.2) is 4.98 Å². The zero-order valence-corrected chi connectivity index (χ0v) is 12.8. The summed E-state index contributed by atoms with van der Waals surface area (Å²) in [7, 11) is 0. The van der Waals surface area contributed by atoms with Crippen LogP contribution in [0.25, 0.3) is 0 Å². The van der Waals surface area contributed by atoms with Gasteiger partial charge in [-0.3, -0.25) is 0 Å². The van der Waals surface area contributed by atoms with E-state index in [1.54, 1.807) is 6.20 Å². The smallest absolute Gasteiger partial charge is 0.229 e. The standard InChI is InChI=1S/C16H20N4O2/c1-11(2)10-18-15-5-6-17-16(20-15)19-12-3-4-13-14(9-12)22-8-7-21-13/h3-6,9,11H,7-8,10H2,1-2H3,(H2,17,18,19,20). The Kier molecular flexibility index (Phi) is 4.27. The van der Waals surface area contributed by atoms with E-state index < -0.39 is 0 Å². The van der Waals surface area contributed by atoms with Crippen molar-refractivity contribution in [1.82, 2.24) is 9.97 Å². The molecule has 6 nitrogen and oxygen atoms in total. The first kappa shape index (κ1) is 14.4. The molecule has 0 fully saturated rings. The Labute approximate surface area is 129 Å². The van der Waals surface area contributed by atoms with Gasteiger partial charge < -0.3 is 20.1 Å². The van der Waals surface area contributed by atoms with Crippen LogP contribution in [0.3, 0.4) is 0 Å². The lowest BCUT2D eigenvalue weighted by molar-refractivity contribution is 0.171. The molecular weight excluding hydrogens is 280 g/mol. The van der Waals surface area contributed by atoms with Gasteiger partial charge in [-0.1, -0.05) is 13.8 Å². The number of ether oxygens (including phenoxy) is 2. The van der Waals surface area contributed by atoms with E-state index in [-0.39, 0.29) is 0 Å². The van der Waals surface area contributed by atoms with E-state index in [0.29, 0.717) is 25.1 Å². The largest absolute Gasteiger partial charge is 0.486 e. The zero-order chi connectivity index (χ0) is 15.4. The molecule has 0 spiro atoms. The molecule has 3 rings (SSSR count). The summed E-state index contributed by atoms with van der Waals surface area (Å²) in [6.45, 7) is 6.35. The first-order valence-corrected chi connectivity index (χ1v) is 7.44. The van der Waals surface area contributed by atoms with Crippen molar-refractivity contribution < 1.29 is 9.47 Å². The second-order valence-corrected chi connectivity index (χ2v) is 5.52. The molecule has 2 N–H and O–H groups in total. The van der Waals surface area contributed by atoms with Crippen LogP contribution in [0, 0.1) is 5.92 Å². The van der Waals surface area contributed by atoms with Crippen molar-refractivity contribution in [3.8, 4) is 11.5 Å². The minimum atomic E-state index is 0.547. The zero-order valence-electron chi connectivity index (χ0n) is 12.8. The van der Waals surface area contributed by atoms with Crippen LogP contribution in [0.5, 0.6) is 11.5 Å². The summed E-state index contributed by atoms with van der Waals surface area (Å²) in [5, 5.41) is 6.47. The second kappa shape index (κ2) is 6.51. The Morgan fingerprint density at radius 3 is 2.77 bits per heavy atom. The molecule has 22 heavy (non-hydrogen) atoms. The van der Waals surface area contributed by atoms with Crippen molar-refractivity contribution >= 4 is 17.5 Å². The van der Waals surface area contributed by atoms with Gasteiger partial charge in [0.1, 0.15) is 19.0 Å². The minimum Gasteiger partial charge on any atom is -0.486 e. The summed E-state index contributed by atoms with van der Waals surface area (Å²) in [5.41, 5.74) is 0.866. The summed E-state index contributed by atoms with van der Waals surface area (Å²) in [6.07, 6.45) is 1.73. The van der Waals surface area contributed by atoms with Gasteiger partial charge in [0.05, 0.1) is 0 Å². The first-order chi connectivity index (χ1) is 10.7. The fourth-order valence-electron chi connectivity index (χ4n) is 2.08. The predicted octanol–water partition coefficient (Wildman–Crippen LogP) is 3.06. The predicted molar refractivity (Wildman–Crippen MR) is 86.1 cm³/mol. The third-order valence-corrected chi connectivity index (χ3v) is 3.15. The van der Waals surface area contributed by atoms with E-state index in [1.807, 2.05) is 24.3 Å². The third-order valence-electron chi connectivity index (χ3n) is 3.15. The summed E-state index contributed by atoms with van der Waals surface area (Å²) in [6, 6.07) is 7.56. The molecule has 1 aromatic heterocycles. The molecule has 0 bridgehead atoms. The maximum absolute atomic E-state index is 5.57. The van der Waals surface area contributed by atoms with Gasteiger partial charge in [0.25, 0.3) is 0 Å². The van der Waals surface area contributed by atoms with Crippen LogP contribution < -0.4 is 20.1 Å². The van der Waals surface area contributed by atoms with Crippen molar-refractivity contribution in [2.75, 3.05) is 30.4 Å². The van der Waals surface area contributed by atoms with E-state index in [4.69, 9.17) is 9.47 Å². The third kappa shape index (κ3) is 3.58. The number of rotatable bonds is 5. The fraction of sp³-hybridized carbons (Fsp3) is 0.375. The number of anilines is 3. The maximum atomic E-state index is 5.57. The number of hydrogen-bond donors (Lipinski definition) is 2. The van der Waals surface area contributed by atoms with Crippen LogP contribution in [0.1, 0.15) is 13.8 Å². The van der Waals surface area contributed by atoms with Gasteiger partial charge in [-0.2, -0.15) is 4.98 Å². The van der Waals surface area contributed by atoms with E-state index >= 15 is 0 Å². The van der Waals surface area contributed by atoms with Gasteiger partial charge in [0, 0.05) is 24.5 Å². The van der Waals surface area contributed by atoms with Crippen molar-refractivity contribution in [1.29, 1.82) is 0 Å². The topological polar surface area (TPSA) is 68.3 Å². The molecule has 0 saturated carbocycles. The van der Waals surface area contributed by atoms with Crippen LogP contribution in [0.15, 0.2) is 30.5 Å². The van der Waals surface area contributed by atoms with Crippen LogP contribution in [0.2, 0.25) is 0 Å². The van der Waals surface area contributed by atoms with Gasteiger partial charge in [0.2, 0.25) is 5.95 Å². The molecule has 6 heteroatoms. The Morgan fingerprint density at radius 2 is 1.95 bits per heavy atom. The monoisotopic (exact) mass is 300 g/mol. The molecule has 0 atom stereocenters. The van der Waals surface area contributed by atoms with Crippen molar-refractivity contribution in [3.63, 3.8) is 0 Å². The van der Waals surface area contributed by atoms with E-state index in [1.165, 1.54) is 0 Å². The Hall–Kier alpha value is -2.50. The molecule has 2 heterocycles. The minimum absolute atomic E-state index is 0.547. The number of hydrogen-bond acceptors (Lipinski definition) is 6. The number of nitrogens with one attached hydrogen (secondary N) is 2. The van der Waals surface area contributed by atoms with Crippen LogP contribution in [-0.4, -0.2) is 29.7 Å². The SMILES string of the molecule is CC(C)CNc1ccnc(Nc2ccc3c(c2)OCCO3)n1. The van der Waals surface area contributed by atoms with E-state index in [0.717, 1.165) is 29.5 Å². The molecule has 0 aliphatic carbocycles. The number of fused-ring (bicyclic) bond motifs is 1. The van der Waals surface area contributed by atoms with Crippen LogP contribution >= 0.6 is 0 Å². The highest BCUT2D eigenvalue weighted by atomic mass is 16.6. The van der Waals surface area contributed by atoms with Gasteiger partial charge in [0.15, 0.2) is 11.5 Å². The van der Waals surface area contributed by atoms with E-state index in [2.05, 4.69) is 34.4 Å². The van der Waals surface area contributed by atoms with Gasteiger partial charge in [-0.15, -0.1) is 0 Å². The molecule has 116 valence electrons. The summed E-state index contributed by atoms with van der Waals surface area (Å²) >= 11 is 0. The second-order valence-electron chi connectivity index (χ2n) is 5.52. The average Bonchev–Trinajstić information content (AvgIpc) is 2.53. The van der Waals surface area contributed by atoms with Gasteiger partial charge in [-0.05, 0) is 24.1 Å². The lowest BCUT2D eigenvalue weighted by atomic mass is 10.2. The normalized spacial score (nSPS) is 13.0. The van der Waals surface area contributed by atoms with Crippen molar-refractivity contribution in [2.45, 2.75) is 13.8 Å². The quantitative estimate of drug-likeness (QED) is 0.884. The van der Waals surface area contributed by atoms with Crippen LogP contribution in [0.4, 0.5) is 17.5 Å². The number of benzene rings is 1. The Bertz CT molecular complexity index is 646. The number of nitrogens with zero attached hydrogens (tertiary/aromatic N) is 2. The van der Waals surface area contributed by atoms with E-state index in [9.17, 15) is 0 Å². The summed E-state index contributed by atoms with van der Waals surface area (Å²) in [5.74, 6) is 3.42. The van der Waals surface area contributed by atoms with Crippen molar-refractivity contribution in [2.24, 2.45) is 5.92 Å². The molecule has 0 amide bonds. The molecular formula is C16H20N4O2. The lowest BCUT2D eigenvalue weighted by Gasteiger charge is -2.19. The Morgan fingerprint density at radius 1 is 1.14 bits per heavy atom. The highest BCUT2D eigenvalue weighted by Gasteiger charge is 2.12. The lowest BCUT2D eigenvalue weighted by Crippen LogP contribution is -2.15. The first-order valence-electron chi connectivity index (χ1n) is 7.44. The Balaban J connectivity index is 1.71.